The number of ether oxygens (including phenoxy) is 2. The molecule has 0 saturated carbocycles. The molecule has 37 heavy (non-hydrogen) atoms. The number of benzene rings is 3. The van der Waals surface area contributed by atoms with Crippen LogP contribution in [0.1, 0.15) is 29.7 Å². The van der Waals surface area contributed by atoms with Crippen LogP contribution in [0, 0.1) is 0 Å². The van der Waals surface area contributed by atoms with Gasteiger partial charge in [0, 0.05) is 16.5 Å². The number of hydrogen-bond acceptors (Lipinski definition) is 7. The summed E-state index contributed by atoms with van der Waals surface area (Å²) >= 11 is 4.78. The van der Waals surface area contributed by atoms with E-state index in [4.69, 9.17) is 9.47 Å². The third kappa shape index (κ3) is 3.98. The van der Waals surface area contributed by atoms with E-state index in [9.17, 15) is 14.7 Å². The van der Waals surface area contributed by atoms with Crippen LogP contribution in [-0.4, -0.2) is 35.0 Å². The number of hydrogen-bond donors (Lipinski definition) is 1. The van der Waals surface area contributed by atoms with Crippen molar-refractivity contribution in [3.05, 3.63) is 87.4 Å². The Bertz CT molecular complexity index is 1630. The zero-order valence-electron chi connectivity index (χ0n) is 19.9. The van der Waals surface area contributed by atoms with Crippen LogP contribution in [0.2, 0.25) is 0 Å². The largest absolute Gasteiger partial charge is 0.507 e. The molecule has 2 aliphatic rings. The summed E-state index contributed by atoms with van der Waals surface area (Å²) < 4.78 is 12.7. The maximum absolute atomic E-state index is 13.5. The summed E-state index contributed by atoms with van der Waals surface area (Å²) in [6, 6.07) is 17.3. The summed E-state index contributed by atoms with van der Waals surface area (Å²) in [4.78, 5) is 33.0. The molecule has 0 unspecified atom stereocenters. The maximum atomic E-state index is 13.5. The van der Waals surface area contributed by atoms with E-state index < -0.39 is 17.7 Å². The standard InChI is InChI=1S/C28H21BrN2O5S/c1-14-10-17-11-16(6-9-21(17)36-14)25(32)23-24(15-4-3-5-18(29)12-15)31(27(34)26(23)33)28-30-20-8-7-19(35-2)13-22(20)37-28/h3-9,11-14,24,32H,10H2,1-2H3/b25-23+/t14-,24-/m0/s1. The highest BCUT2D eigenvalue weighted by molar-refractivity contribution is 9.10. The molecule has 0 bridgehead atoms. The predicted molar refractivity (Wildman–Crippen MR) is 145 cm³/mol. The van der Waals surface area contributed by atoms with Crippen LogP contribution < -0.4 is 14.4 Å². The first kappa shape index (κ1) is 23.7. The molecule has 7 nitrogen and oxygen atoms in total. The Balaban J connectivity index is 1.53. The van der Waals surface area contributed by atoms with E-state index in [2.05, 4.69) is 20.9 Å². The number of amides is 1. The van der Waals surface area contributed by atoms with Gasteiger partial charge in [0.2, 0.25) is 0 Å². The van der Waals surface area contributed by atoms with E-state index in [0.29, 0.717) is 33.9 Å². The highest BCUT2D eigenvalue weighted by Crippen LogP contribution is 2.45. The van der Waals surface area contributed by atoms with E-state index >= 15 is 0 Å². The first-order valence-corrected chi connectivity index (χ1v) is 13.3. The molecule has 6 rings (SSSR count). The number of aromatic nitrogens is 1. The Morgan fingerprint density at radius 2 is 2.00 bits per heavy atom. The molecular weight excluding hydrogens is 556 g/mol. The molecule has 1 saturated heterocycles. The molecule has 2 atom stereocenters. The Hall–Kier alpha value is -3.69. The fourth-order valence-corrected chi connectivity index (χ4v) is 6.31. The monoisotopic (exact) mass is 576 g/mol. The number of methoxy groups -OCH3 is 1. The van der Waals surface area contributed by atoms with Crippen molar-refractivity contribution in [3.63, 3.8) is 0 Å². The highest BCUT2D eigenvalue weighted by atomic mass is 79.9. The van der Waals surface area contributed by atoms with Gasteiger partial charge in [-0.3, -0.25) is 14.5 Å². The lowest BCUT2D eigenvalue weighted by Gasteiger charge is -2.23. The normalized spacial score (nSPS) is 20.4. The van der Waals surface area contributed by atoms with Crippen molar-refractivity contribution < 1.29 is 24.2 Å². The molecule has 3 heterocycles. The van der Waals surface area contributed by atoms with Crippen LogP contribution >= 0.6 is 27.3 Å². The molecule has 1 aromatic heterocycles. The van der Waals surface area contributed by atoms with Gasteiger partial charge < -0.3 is 14.6 Å². The third-order valence-electron chi connectivity index (χ3n) is 6.57. The second-order valence-corrected chi connectivity index (χ2v) is 10.9. The first-order chi connectivity index (χ1) is 17.8. The van der Waals surface area contributed by atoms with Crippen LogP contribution in [0.5, 0.6) is 11.5 Å². The Kier molecular flexibility index (Phi) is 5.77. The van der Waals surface area contributed by atoms with Crippen molar-refractivity contribution in [1.82, 2.24) is 4.98 Å². The van der Waals surface area contributed by atoms with Gasteiger partial charge in [0.05, 0.1) is 28.9 Å². The van der Waals surface area contributed by atoms with Gasteiger partial charge in [0.15, 0.2) is 5.13 Å². The van der Waals surface area contributed by atoms with Crippen LogP contribution in [0.4, 0.5) is 5.13 Å². The summed E-state index contributed by atoms with van der Waals surface area (Å²) in [7, 11) is 1.58. The lowest BCUT2D eigenvalue weighted by atomic mass is 9.94. The smallest absolute Gasteiger partial charge is 0.301 e. The molecule has 0 aliphatic carbocycles. The molecule has 1 N–H and O–H groups in total. The molecule has 2 aliphatic heterocycles. The number of carbonyl (C=O) groups is 2. The van der Waals surface area contributed by atoms with Gasteiger partial charge in [-0.25, -0.2) is 4.98 Å². The molecular formula is C28H21BrN2O5S. The van der Waals surface area contributed by atoms with Crippen LogP contribution in [-0.2, 0) is 16.0 Å². The summed E-state index contributed by atoms with van der Waals surface area (Å²) in [6.45, 7) is 1.98. The van der Waals surface area contributed by atoms with Crippen molar-refractivity contribution in [2.45, 2.75) is 25.5 Å². The molecule has 186 valence electrons. The van der Waals surface area contributed by atoms with Gasteiger partial charge in [0.1, 0.15) is 23.4 Å². The molecule has 3 aromatic carbocycles. The minimum absolute atomic E-state index is 0.0202. The molecule has 1 fully saturated rings. The van der Waals surface area contributed by atoms with Crippen molar-refractivity contribution in [1.29, 1.82) is 0 Å². The number of thiazole rings is 1. The number of aliphatic hydroxyl groups is 1. The van der Waals surface area contributed by atoms with Crippen molar-refractivity contribution in [3.8, 4) is 11.5 Å². The highest BCUT2D eigenvalue weighted by Gasteiger charge is 2.48. The van der Waals surface area contributed by atoms with Crippen molar-refractivity contribution >= 4 is 60.1 Å². The number of anilines is 1. The summed E-state index contributed by atoms with van der Waals surface area (Å²) in [6.07, 6.45) is 0.743. The van der Waals surface area contributed by atoms with Crippen molar-refractivity contribution in [2.75, 3.05) is 12.0 Å². The number of Topliss-reactive ketones (excluding diaryl/α,β-unsaturated/α-hetero) is 1. The molecule has 1 amide bonds. The van der Waals surface area contributed by atoms with Gasteiger partial charge >= 0.3 is 5.91 Å². The second-order valence-electron chi connectivity index (χ2n) is 9.01. The molecule has 0 spiro atoms. The maximum Gasteiger partial charge on any atom is 0.301 e. The SMILES string of the molecule is COc1ccc2nc(N3C(=O)C(=O)/C(=C(/O)c4ccc5c(c4)C[C@H](C)O5)[C@@H]3c3cccc(Br)c3)sc2c1. The van der Waals surface area contributed by atoms with E-state index in [-0.39, 0.29) is 17.4 Å². The van der Waals surface area contributed by atoms with E-state index in [1.165, 1.54) is 16.2 Å². The average Bonchev–Trinajstić information content (AvgIpc) is 3.55. The Morgan fingerprint density at radius 1 is 1.16 bits per heavy atom. The van der Waals surface area contributed by atoms with Crippen LogP contribution in [0.15, 0.2) is 70.7 Å². The van der Waals surface area contributed by atoms with Gasteiger partial charge in [-0.2, -0.15) is 0 Å². The number of carbonyl (C=O) groups excluding carboxylic acids is 2. The van der Waals surface area contributed by atoms with Crippen LogP contribution in [0.3, 0.4) is 0 Å². The first-order valence-electron chi connectivity index (χ1n) is 11.6. The lowest BCUT2D eigenvalue weighted by Crippen LogP contribution is -2.29. The van der Waals surface area contributed by atoms with Gasteiger partial charge in [-0.15, -0.1) is 0 Å². The number of ketones is 1. The fourth-order valence-electron chi connectivity index (χ4n) is 4.87. The molecule has 4 aromatic rings. The number of fused-ring (bicyclic) bond motifs is 2. The number of halogens is 1. The number of nitrogens with zero attached hydrogens (tertiary/aromatic N) is 2. The second kappa shape index (κ2) is 9.00. The van der Waals surface area contributed by atoms with Crippen molar-refractivity contribution in [2.24, 2.45) is 0 Å². The summed E-state index contributed by atoms with van der Waals surface area (Å²) in [5.74, 6) is -0.294. The van der Waals surface area contributed by atoms with Gasteiger partial charge in [0.25, 0.3) is 5.78 Å². The zero-order chi connectivity index (χ0) is 25.8. The quantitative estimate of drug-likeness (QED) is 0.181. The minimum Gasteiger partial charge on any atom is -0.507 e. The van der Waals surface area contributed by atoms with E-state index in [0.717, 1.165) is 20.5 Å². The zero-order valence-corrected chi connectivity index (χ0v) is 22.3. The fraction of sp³-hybridized carbons (Fsp3) is 0.179. The molecule has 9 heteroatoms. The predicted octanol–water partition coefficient (Wildman–Crippen LogP) is 6.02. The average molecular weight is 577 g/mol. The number of rotatable bonds is 4. The summed E-state index contributed by atoms with van der Waals surface area (Å²) in [5.41, 5.74) is 2.79. The Labute approximate surface area is 225 Å². The van der Waals surface area contributed by atoms with Gasteiger partial charge in [-0.1, -0.05) is 39.4 Å². The van der Waals surface area contributed by atoms with E-state index in [1.807, 2.05) is 49.4 Å². The van der Waals surface area contributed by atoms with E-state index in [1.54, 1.807) is 25.3 Å². The third-order valence-corrected chi connectivity index (χ3v) is 8.08. The lowest BCUT2D eigenvalue weighted by molar-refractivity contribution is -0.132. The molecule has 0 radical (unpaired) electrons. The number of aliphatic hydroxyl groups excluding tert-OH is 1. The minimum atomic E-state index is -0.858. The van der Waals surface area contributed by atoms with Crippen LogP contribution in [0.25, 0.3) is 16.0 Å². The van der Waals surface area contributed by atoms with Gasteiger partial charge in [-0.05, 0) is 66.6 Å². The topological polar surface area (TPSA) is 89.0 Å². The Morgan fingerprint density at radius 3 is 2.78 bits per heavy atom. The summed E-state index contributed by atoms with van der Waals surface area (Å²) in [5, 5.41) is 11.8.